The Hall–Kier alpha value is -0.900. The molecule has 0 aromatic heterocycles. The van der Waals surface area contributed by atoms with Crippen molar-refractivity contribution in [2.24, 2.45) is 0 Å². The first-order valence-corrected chi connectivity index (χ1v) is 6.99. The average Bonchev–Trinajstić information content (AvgIpc) is 2.37. The van der Waals surface area contributed by atoms with Gasteiger partial charge in [-0.15, -0.1) is 0 Å². The van der Waals surface area contributed by atoms with E-state index in [4.69, 9.17) is 9.47 Å². The van der Waals surface area contributed by atoms with Crippen LogP contribution in [0.5, 0.6) is 0 Å². The second kappa shape index (κ2) is 8.31. The Morgan fingerprint density at radius 1 is 0.947 bits per heavy atom. The second-order valence-corrected chi connectivity index (χ2v) is 5.67. The van der Waals surface area contributed by atoms with E-state index in [1.807, 2.05) is 6.92 Å². The van der Waals surface area contributed by atoms with Crippen molar-refractivity contribution >= 4 is 0 Å². The van der Waals surface area contributed by atoms with Gasteiger partial charge in [0.05, 0.1) is 19.8 Å². The van der Waals surface area contributed by atoms with Crippen molar-refractivity contribution in [3.05, 3.63) is 35.4 Å². The van der Waals surface area contributed by atoms with Crippen molar-refractivity contribution in [2.75, 3.05) is 19.8 Å². The maximum atomic E-state index is 5.54. The second-order valence-electron chi connectivity index (χ2n) is 5.67. The summed E-state index contributed by atoms with van der Waals surface area (Å²) in [4.78, 5) is 0. The lowest BCUT2D eigenvalue weighted by atomic mass is 10.1. The summed E-state index contributed by atoms with van der Waals surface area (Å²) in [5.74, 6) is 0. The van der Waals surface area contributed by atoms with Crippen LogP contribution in [0.25, 0.3) is 0 Å². The van der Waals surface area contributed by atoms with Crippen molar-refractivity contribution in [1.29, 1.82) is 0 Å². The van der Waals surface area contributed by atoms with Crippen LogP contribution < -0.4 is 5.32 Å². The first-order valence-electron chi connectivity index (χ1n) is 6.99. The summed E-state index contributed by atoms with van der Waals surface area (Å²) in [6.07, 6.45) is 0. The third kappa shape index (κ3) is 7.98. The van der Waals surface area contributed by atoms with E-state index in [2.05, 4.69) is 50.4 Å². The molecule has 0 aliphatic rings. The van der Waals surface area contributed by atoms with Crippen LogP contribution in [-0.4, -0.2) is 25.4 Å². The molecular formula is C16H27NO2. The zero-order valence-corrected chi connectivity index (χ0v) is 12.7. The number of hydrogen-bond acceptors (Lipinski definition) is 3. The molecule has 0 saturated heterocycles. The lowest BCUT2D eigenvalue weighted by molar-refractivity contribution is 0.0453. The molecule has 0 saturated carbocycles. The van der Waals surface area contributed by atoms with Gasteiger partial charge in [0.2, 0.25) is 0 Å². The molecule has 0 atom stereocenters. The maximum absolute atomic E-state index is 5.54. The van der Waals surface area contributed by atoms with Gasteiger partial charge in [-0.05, 0) is 38.8 Å². The smallest absolute Gasteiger partial charge is 0.0718 e. The van der Waals surface area contributed by atoms with E-state index in [0.29, 0.717) is 19.8 Å². The minimum atomic E-state index is 0.154. The van der Waals surface area contributed by atoms with Crippen LogP contribution in [0.3, 0.4) is 0 Å². The molecule has 0 amide bonds. The zero-order valence-electron chi connectivity index (χ0n) is 12.7. The van der Waals surface area contributed by atoms with Crippen molar-refractivity contribution in [1.82, 2.24) is 5.32 Å². The molecule has 19 heavy (non-hydrogen) atoms. The molecule has 1 N–H and O–H groups in total. The number of ether oxygens (including phenoxy) is 2. The summed E-state index contributed by atoms with van der Waals surface area (Å²) in [7, 11) is 0. The average molecular weight is 265 g/mol. The summed E-state index contributed by atoms with van der Waals surface area (Å²) < 4.78 is 10.8. The summed E-state index contributed by atoms with van der Waals surface area (Å²) in [5, 5.41) is 3.48. The van der Waals surface area contributed by atoms with Gasteiger partial charge < -0.3 is 14.8 Å². The topological polar surface area (TPSA) is 30.5 Å². The quantitative estimate of drug-likeness (QED) is 0.733. The minimum absolute atomic E-state index is 0.154. The minimum Gasteiger partial charge on any atom is -0.379 e. The number of hydrogen-bond donors (Lipinski definition) is 1. The molecule has 1 aromatic rings. The molecule has 0 aliphatic heterocycles. The van der Waals surface area contributed by atoms with Gasteiger partial charge in [-0.2, -0.15) is 0 Å². The molecule has 0 unspecified atom stereocenters. The summed E-state index contributed by atoms with van der Waals surface area (Å²) >= 11 is 0. The van der Waals surface area contributed by atoms with E-state index in [9.17, 15) is 0 Å². The Morgan fingerprint density at radius 2 is 1.53 bits per heavy atom. The standard InChI is InChI=1S/C16H27NO2/c1-5-18-10-11-19-13-15-8-6-14(7-9-15)12-17-16(2,3)4/h6-9,17H,5,10-13H2,1-4H3. The Balaban J connectivity index is 2.27. The van der Waals surface area contributed by atoms with E-state index in [1.54, 1.807) is 0 Å². The molecule has 1 rings (SSSR count). The summed E-state index contributed by atoms with van der Waals surface area (Å²) in [6.45, 7) is 12.1. The van der Waals surface area contributed by atoms with Crippen LogP contribution in [0, 0.1) is 0 Å². The predicted molar refractivity (Wildman–Crippen MR) is 79.2 cm³/mol. The van der Waals surface area contributed by atoms with Gasteiger partial charge in [-0.3, -0.25) is 0 Å². The van der Waals surface area contributed by atoms with Gasteiger partial charge in [0.15, 0.2) is 0 Å². The molecular weight excluding hydrogens is 238 g/mol. The zero-order chi connectivity index (χ0) is 14.1. The lowest BCUT2D eigenvalue weighted by Crippen LogP contribution is -2.35. The van der Waals surface area contributed by atoms with Crippen molar-refractivity contribution in [3.8, 4) is 0 Å². The molecule has 0 fully saturated rings. The van der Waals surface area contributed by atoms with Crippen molar-refractivity contribution in [3.63, 3.8) is 0 Å². The lowest BCUT2D eigenvalue weighted by Gasteiger charge is -2.20. The van der Waals surface area contributed by atoms with Crippen LogP contribution in [0.4, 0.5) is 0 Å². The summed E-state index contributed by atoms with van der Waals surface area (Å²) in [5.41, 5.74) is 2.66. The third-order valence-corrected chi connectivity index (χ3v) is 2.69. The largest absolute Gasteiger partial charge is 0.379 e. The molecule has 108 valence electrons. The van der Waals surface area contributed by atoms with E-state index >= 15 is 0 Å². The molecule has 0 heterocycles. The molecule has 0 spiro atoms. The SMILES string of the molecule is CCOCCOCc1ccc(CNC(C)(C)C)cc1. The van der Waals surface area contributed by atoms with E-state index in [-0.39, 0.29) is 5.54 Å². The maximum Gasteiger partial charge on any atom is 0.0718 e. The number of rotatable bonds is 8. The molecule has 3 nitrogen and oxygen atoms in total. The molecule has 0 aliphatic carbocycles. The molecule has 0 radical (unpaired) electrons. The van der Waals surface area contributed by atoms with Crippen molar-refractivity contribution in [2.45, 2.75) is 46.4 Å². The fourth-order valence-electron chi connectivity index (χ4n) is 1.57. The van der Waals surface area contributed by atoms with E-state index in [1.165, 1.54) is 11.1 Å². The Kier molecular flexibility index (Phi) is 7.06. The van der Waals surface area contributed by atoms with E-state index in [0.717, 1.165) is 13.2 Å². The van der Waals surface area contributed by atoms with Crippen LogP contribution in [0.1, 0.15) is 38.8 Å². The van der Waals surface area contributed by atoms with Gasteiger partial charge in [0, 0.05) is 18.7 Å². The van der Waals surface area contributed by atoms with Crippen LogP contribution in [0.2, 0.25) is 0 Å². The molecule has 1 aromatic carbocycles. The van der Waals surface area contributed by atoms with Crippen molar-refractivity contribution < 1.29 is 9.47 Å². The molecule has 0 bridgehead atoms. The highest BCUT2D eigenvalue weighted by molar-refractivity contribution is 5.22. The molecule has 3 heteroatoms. The first kappa shape index (κ1) is 16.2. The Labute approximate surface area is 117 Å². The van der Waals surface area contributed by atoms with E-state index < -0.39 is 0 Å². The highest BCUT2D eigenvalue weighted by Crippen LogP contribution is 2.08. The normalized spacial score (nSPS) is 11.8. The highest BCUT2D eigenvalue weighted by atomic mass is 16.5. The van der Waals surface area contributed by atoms with Gasteiger partial charge in [0.1, 0.15) is 0 Å². The fraction of sp³-hybridized carbons (Fsp3) is 0.625. The van der Waals surface area contributed by atoms with Crippen LogP contribution >= 0.6 is 0 Å². The predicted octanol–water partition coefficient (Wildman–Crippen LogP) is 3.13. The third-order valence-electron chi connectivity index (χ3n) is 2.69. The highest BCUT2D eigenvalue weighted by Gasteiger charge is 2.07. The Bertz CT molecular complexity index is 341. The number of benzene rings is 1. The monoisotopic (exact) mass is 265 g/mol. The fourth-order valence-corrected chi connectivity index (χ4v) is 1.57. The summed E-state index contributed by atoms with van der Waals surface area (Å²) in [6, 6.07) is 8.56. The van der Waals surface area contributed by atoms with Gasteiger partial charge in [-0.25, -0.2) is 0 Å². The van der Waals surface area contributed by atoms with Gasteiger partial charge in [0.25, 0.3) is 0 Å². The van der Waals surface area contributed by atoms with Gasteiger partial charge >= 0.3 is 0 Å². The van der Waals surface area contributed by atoms with Gasteiger partial charge in [-0.1, -0.05) is 24.3 Å². The Morgan fingerprint density at radius 3 is 2.11 bits per heavy atom. The van der Waals surface area contributed by atoms with Crippen LogP contribution in [-0.2, 0) is 22.6 Å². The first-order chi connectivity index (χ1) is 9.01. The van der Waals surface area contributed by atoms with Crippen LogP contribution in [0.15, 0.2) is 24.3 Å². The number of nitrogens with one attached hydrogen (secondary N) is 1.